The molecule has 0 saturated carbocycles. The van der Waals surface area contributed by atoms with E-state index in [4.69, 9.17) is 0 Å². The van der Waals surface area contributed by atoms with Crippen molar-refractivity contribution in [1.29, 1.82) is 0 Å². The topological polar surface area (TPSA) is 61.4 Å². The maximum absolute atomic E-state index is 13.6. The van der Waals surface area contributed by atoms with Gasteiger partial charge in [-0.3, -0.25) is 0 Å². The van der Waals surface area contributed by atoms with Crippen molar-refractivity contribution in [2.75, 3.05) is 36.8 Å². The quantitative estimate of drug-likeness (QED) is 0.877. The minimum Gasteiger partial charge on any atom is -0.337 e. The van der Waals surface area contributed by atoms with Gasteiger partial charge >= 0.3 is 6.03 Å². The zero-order valence-corrected chi connectivity index (χ0v) is 15.1. The van der Waals surface area contributed by atoms with Gasteiger partial charge in [0.1, 0.15) is 5.82 Å². The number of fused-ring (bicyclic) bond motifs is 1. The van der Waals surface area contributed by atoms with Crippen LogP contribution < -0.4 is 10.2 Å². The number of urea groups is 1. The molecule has 4 rings (SSSR count). The third-order valence-electron chi connectivity index (χ3n) is 4.71. The van der Waals surface area contributed by atoms with Gasteiger partial charge in [0.25, 0.3) is 0 Å². The van der Waals surface area contributed by atoms with Crippen molar-refractivity contribution in [3.8, 4) is 0 Å². The molecular formula is C18H20FN5OS. The number of benzene rings is 1. The molecule has 1 unspecified atom stereocenters. The Bertz CT molecular complexity index is 782. The van der Waals surface area contributed by atoms with E-state index in [1.54, 1.807) is 41.2 Å². The summed E-state index contributed by atoms with van der Waals surface area (Å²) < 4.78 is 13.6. The van der Waals surface area contributed by atoms with Crippen molar-refractivity contribution in [2.24, 2.45) is 0 Å². The van der Waals surface area contributed by atoms with E-state index in [-0.39, 0.29) is 17.9 Å². The number of carbonyl (C=O) groups excluding carboxylic acids is 1. The molecule has 1 atom stereocenters. The normalized spacial score (nSPS) is 19.8. The molecule has 0 aliphatic carbocycles. The monoisotopic (exact) mass is 373 g/mol. The summed E-state index contributed by atoms with van der Waals surface area (Å²) >= 11 is 1.71. The first-order valence-electron chi connectivity index (χ1n) is 8.70. The van der Waals surface area contributed by atoms with E-state index in [0.29, 0.717) is 32.1 Å². The van der Waals surface area contributed by atoms with E-state index < -0.39 is 0 Å². The second-order valence-electron chi connectivity index (χ2n) is 6.34. The number of amides is 2. The molecule has 1 saturated heterocycles. The number of nitrogens with one attached hydrogen (secondary N) is 1. The summed E-state index contributed by atoms with van der Waals surface area (Å²) in [6.07, 6.45) is 4.25. The van der Waals surface area contributed by atoms with Crippen LogP contribution in [0.15, 0.2) is 41.6 Å². The Morgan fingerprint density at radius 1 is 1.19 bits per heavy atom. The highest BCUT2D eigenvalue weighted by atomic mass is 32.2. The molecule has 1 aromatic carbocycles. The van der Waals surface area contributed by atoms with Crippen LogP contribution in [0, 0.1) is 5.82 Å². The Balaban J connectivity index is 1.37. The number of carbonyl (C=O) groups is 1. The van der Waals surface area contributed by atoms with Crippen LogP contribution in [-0.4, -0.2) is 52.8 Å². The molecule has 1 aromatic heterocycles. The molecule has 0 spiro atoms. The second kappa shape index (κ2) is 7.49. The Hall–Kier alpha value is -2.35. The van der Waals surface area contributed by atoms with Crippen LogP contribution in [0.5, 0.6) is 0 Å². The van der Waals surface area contributed by atoms with Gasteiger partial charge in [-0.1, -0.05) is 0 Å². The lowest BCUT2D eigenvalue weighted by molar-refractivity contribution is 0.189. The van der Waals surface area contributed by atoms with E-state index in [1.807, 2.05) is 0 Å². The van der Waals surface area contributed by atoms with Crippen LogP contribution >= 0.6 is 11.8 Å². The van der Waals surface area contributed by atoms with Crippen LogP contribution in [0.25, 0.3) is 0 Å². The largest absolute Gasteiger partial charge is 0.337 e. The Kier molecular flexibility index (Phi) is 4.92. The number of hydrogen-bond acceptors (Lipinski definition) is 5. The summed E-state index contributed by atoms with van der Waals surface area (Å²) in [6, 6.07) is 6.37. The van der Waals surface area contributed by atoms with Crippen LogP contribution in [0.1, 0.15) is 18.0 Å². The highest BCUT2D eigenvalue weighted by molar-refractivity contribution is 7.99. The van der Waals surface area contributed by atoms with E-state index >= 15 is 0 Å². The first-order valence-corrected chi connectivity index (χ1v) is 9.69. The van der Waals surface area contributed by atoms with Crippen molar-refractivity contribution < 1.29 is 9.18 Å². The van der Waals surface area contributed by atoms with E-state index in [9.17, 15) is 9.18 Å². The molecular weight excluding hydrogens is 353 g/mol. The van der Waals surface area contributed by atoms with Crippen molar-refractivity contribution in [3.05, 3.63) is 48.0 Å². The predicted octanol–water partition coefficient (Wildman–Crippen LogP) is 2.68. The van der Waals surface area contributed by atoms with Gasteiger partial charge in [0.05, 0.1) is 6.04 Å². The zero-order valence-electron chi connectivity index (χ0n) is 14.3. The summed E-state index contributed by atoms with van der Waals surface area (Å²) in [5.74, 6) is 1.35. The fourth-order valence-electron chi connectivity index (χ4n) is 3.32. The Morgan fingerprint density at radius 3 is 2.73 bits per heavy atom. The van der Waals surface area contributed by atoms with Gasteiger partial charge in [0.15, 0.2) is 0 Å². The van der Waals surface area contributed by atoms with Crippen LogP contribution in [0.3, 0.4) is 0 Å². The van der Waals surface area contributed by atoms with Gasteiger partial charge in [0.2, 0.25) is 5.95 Å². The SMILES string of the molecule is O=C(NC1CCSc2ccc(F)cc21)N1CCN(c2ncccn2)CC1. The molecule has 2 aromatic rings. The smallest absolute Gasteiger partial charge is 0.318 e. The summed E-state index contributed by atoms with van der Waals surface area (Å²) in [4.78, 5) is 26.1. The van der Waals surface area contributed by atoms with Crippen LogP contribution in [0.4, 0.5) is 15.1 Å². The molecule has 26 heavy (non-hydrogen) atoms. The standard InChI is InChI=1S/C18H20FN5OS/c19-13-2-3-16-14(12-13)15(4-11-26-16)22-18(25)24-9-7-23(8-10-24)17-20-5-1-6-21-17/h1-3,5-6,12,15H,4,7-11H2,(H,22,25). The Morgan fingerprint density at radius 2 is 1.96 bits per heavy atom. The van der Waals surface area contributed by atoms with Crippen LogP contribution in [-0.2, 0) is 0 Å². The predicted molar refractivity (Wildman–Crippen MR) is 98.8 cm³/mol. The van der Waals surface area contributed by atoms with Crippen LogP contribution in [0.2, 0.25) is 0 Å². The number of rotatable bonds is 2. The van der Waals surface area contributed by atoms with E-state index in [1.165, 1.54) is 12.1 Å². The van der Waals surface area contributed by atoms with Gasteiger partial charge < -0.3 is 15.1 Å². The first kappa shape index (κ1) is 17.1. The van der Waals surface area contributed by atoms with E-state index in [0.717, 1.165) is 22.6 Å². The number of anilines is 1. The fraction of sp³-hybridized carbons (Fsp3) is 0.389. The lowest BCUT2D eigenvalue weighted by atomic mass is 10.0. The van der Waals surface area contributed by atoms with Gasteiger partial charge in [-0.15, -0.1) is 11.8 Å². The third-order valence-corrected chi connectivity index (χ3v) is 5.83. The van der Waals surface area contributed by atoms with Crippen molar-refractivity contribution in [2.45, 2.75) is 17.4 Å². The zero-order chi connectivity index (χ0) is 17.9. The molecule has 3 heterocycles. The van der Waals surface area contributed by atoms with Gasteiger partial charge in [0, 0.05) is 49.2 Å². The summed E-state index contributed by atoms with van der Waals surface area (Å²) in [5, 5.41) is 3.08. The van der Waals surface area contributed by atoms with Gasteiger partial charge in [-0.2, -0.15) is 0 Å². The lowest BCUT2D eigenvalue weighted by Crippen LogP contribution is -2.52. The van der Waals surface area contributed by atoms with Crippen molar-refractivity contribution >= 4 is 23.7 Å². The minimum absolute atomic E-state index is 0.0919. The van der Waals surface area contributed by atoms with Crippen molar-refractivity contribution in [1.82, 2.24) is 20.2 Å². The molecule has 6 nitrogen and oxygen atoms in total. The van der Waals surface area contributed by atoms with Gasteiger partial charge in [-0.05, 0) is 36.2 Å². The molecule has 0 bridgehead atoms. The van der Waals surface area contributed by atoms with Gasteiger partial charge in [-0.25, -0.2) is 19.2 Å². The number of nitrogens with zero attached hydrogens (tertiary/aromatic N) is 4. The summed E-state index contributed by atoms with van der Waals surface area (Å²) in [7, 11) is 0. The summed E-state index contributed by atoms with van der Waals surface area (Å²) in [5.41, 5.74) is 0.880. The summed E-state index contributed by atoms with van der Waals surface area (Å²) in [6.45, 7) is 2.62. The molecule has 136 valence electrons. The number of halogens is 1. The molecule has 1 N–H and O–H groups in total. The third kappa shape index (κ3) is 3.60. The maximum Gasteiger partial charge on any atom is 0.318 e. The Labute approximate surface area is 155 Å². The number of aromatic nitrogens is 2. The first-order chi connectivity index (χ1) is 12.7. The molecule has 0 radical (unpaired) electrons. The molecule has 2 aliphatic heterocycles. The average molecular weight is 373 g/mol. The maximum atomic E-state index is 13.6. The molecule has 2 aliphatic rings. The number of hydrogen-bond donors (Lipinski definition) is 1. The average Bonchev–Trinajstić information content (AvgIpc) is 2.69. The molecule has 8 heteroatoms. The van der Waals surface area contributed by atoms with Crippen molar-refractivity contribution in [3.63, 3.8) is 0 Å². The highest BCUT2D eigenvalue weighted by Gasteiger charge is 2.27. The molecule has 1 fully saturated rings. The minimum atomic E-state index is -0.262. The lowest BCUT2D eigenvalue weighted by Gasteiger charge is -2.36. The molecule has 2 amide bonds. The highest BCUT2D eigenvalue weighted by Crippen LogP contribution is 2.36. The number of piperazine rings is 1. The second-order valence-corrected chi connectivity index (χ2v) is 7.48. The fourth-order valence-corrected chi connectivity index (χ4v) is 4.43. The number of thioether (sulfide) groups is 1. The van der Waals surface area contributed by atoms with E-state index in [2.05, 4.69) is 20.2 Å².